The molecule has 0 aliphatic heterocycles. The summed E-state index contributed by atoms with van der Waals surface area (Å²) in [5.41, 5.74) is 6.79. The lowest BCUT2D eigenvalue weighted by molar-refractivity contribution is -0.123. The average molecular weight is 260 g/mol. The molecule has 0 heterocycles. The van der Waals surface area contributed by atoms with Gasteiger partial charge < -0.3 is 11.1 Å². The molecule has 3 unspecified atom stereocenters. The Morgan fingerprint density at radius 2 is 2.00 bits per heavy atom. The molecule has 3 heteroatoms. The van der Waals surface area contributed by atoms with Crippen LogP contribution in [0.15, 0.2) is 30.3 Å². The molecule has 104 valence electrons. The third kappa shape index (κ3) is 3.57. The lowest BCUT2D eigenvalue weighted by atomic mass is 9.85. The van der Waals surface area contributed by atoms with Crippen LogP contribution in [0.1, 0.15) is 44.1 Å². The first-order valence-corrected chi connectivity index (χ1v) is 7.27. The van der Waals surface area contributed by atoms with Gasteiger partial charge in [-0.05, 0) is 24.3 Å². The molecule has 3 nitrogen and oxygen atoms in total. The highest BCUT2D eigenvalue weighted by atomic mass is 16.2. The molecule has 0 aromatic heterocycles. The lowest BCUT2D eigenvalue weighted by Crippen LogP contribution is -2.44. The number of hydrogen-bond donors (Lipinski definition) is 2. The molecule has 1 fully saturated rings. The van der Waals surface area contributed by atoms with Gasteiger partial charge in [0.05, 0.1) is 5.92 Å². The van der Waals surface area contributed by atoms with Gasteiger partial charge in [0.15, 0.2) is 0 Å². The minimum atomic E-state index is -0.227. The number of amides is 1. The zero-order valence-corrected chi connectivity index (χ0v) is 11.6. The van der Waals surface area contributed by atoms with Gasteiger partial charge in [0.2, 0.25) is 5.91 Å². The van der Waals surface area contributed by atoms with Gasteiger partial charge in [-0.1, -0.05) is 50.1 Å². The van der Waals surface area contributed by atoms with E-state index in [1.807, 2.05) is 30.3 Å². The minimum Gasteiger partial charge on any atom is -0.353 e. The minimum absolute atomic E-state index is 0.0763. The Kier molecular flexibility index (Phi) is 4.97. The maximum Gasteiger partial charge on any atom is 0.229 e. The van der Waals surface area contributed by atoms with Crippen LogP contribution in [0.3, 0.4) is 0 Å². The maximum atomic E-state index is 12.4. The summed E-state index contributed by atoms with van der Waals surface area (Å²) in [5.74, 6) is 0.426. The molecule has 3 N–H and O–H groups in total. The van der Waals surface area contributed by atoms with Crippen molar-refractivity contribution in [2.45, 2.75) is 44.6 Å². The van der Waals surface area contributed by atoms with E-state index in [0.717, 1.165) is 12.0 Å². The van der Waals surface area contributed by atoms with Gasteiger partial charge in [-0.15, -0.1) is 0 Å². The van der Waals surface area contributed by atoms with Crippen LogP contribution in [0.25, 0.3) is 0 Å². The van der Waals surface area contributed by atoms with Gasteiger partial charge in [0.1, 0.15) is 0 Å². The first-order valence-electron chi connectivity index (χ1n) is 7.27. The topological polar surface area (TPSA) is 55.1 Å². The molecular formula is C16H24N2O. The second kappa shape index (κ2) is 6.71. The Balaban J connectivity index is 2.01. The van der Waals surface area contributed by atoms with E-state index in [1.165, 1.54) is 19.3 Å². The summed E-state index contributed by atoms with van der Waals surface area (Å²) in [5, 5.41) is 3.20. The zero-order valence-electron chi connectivity index (χ0n) is 11.6. The molecule has 3 atom stereocenters. The van der Waals surface area contributed by atoms with Crippen LogP contribution >= 0.6 is 0 Å². The number of benzene rings is 1. The van der Waals surface area contributed by atoms with Crippen LogP contribution in [0.5, 0.6) is 0 Å². The number of nitrogens with one attached hydrogen (secondary N) is 1. The van der Waals surface area contributed by atoms with E-state index < -0.39 is 0 Å². The maximum absolute atomic E-state index is 12.4. The van der Waals surface area contributed by atoms with Crippen LogP contribution in [-0.4, -0.2) is 18.5 Å². The Bertz CT molecular complexity index is 404. The van der Waals surface area contributed by atoms with E-state index in [0.29, 0.717) is 18.5 Å². The van der Waals surface area contributed by atoms with Gasteiger partial charge in [-0.25, -0.2) is 0 Å². The second-order valence-corrected chi connectivity index (χ2v) is 5.58. The van der Waals surface area contributed by atoms with Gasteiger partial charge in [0.25, 0.3) is 0 Å². The molecular weight excluding hydrogens is 236 g/mol. The predicted octanol–water partition coefficient (Wildman–Crippen LogP) is 2.42. The van der Waals surface area contributed by atoms with Crippen molar-refractivity contribution in [2.75, 3.05) is 6.54 Å². The summed E-state index contributed by atoms with van der Waals surface area (Å²) >= 11 is 0. The number of hydrogen-bond acceptors (Lipinski definition) is 2. The van der Waals surface area contributed by atoms with Crippen molar-refractivity contribution in [1.29, 1.82) is 0 Å². The number of carbonyl (C=O) groups excluding carboxylic acids is 1. The van der Waals surface area contributed by atoms with E-state index in [2.05, 4.69) is 12.2 Å². The van der Waals surface area contributed by atoms with Crippen LogP contribution in [0, 0.1) is 5.92 Å². The van der Waals surface area contributed by atoms with Crippen LogP contribution in [0.4, 0.5) is 0 Å². The molecule has 2 rings (SSSR count). The summed E-state index contributed by atoms with van der Waals surface area (Å²) < 4.78 is 0. The smallest absolute Gasteiger partial charge is 0.229 e. The van der Waals surface area contributed by atoms with E-state index in [9.17, 15) is 4.79 Å². The van der Waals surface area contributed by atoms with Crippen molar-refractivity contribution < 1.29 is 4.79 Å². The number of rotatable bonds is 4. The normalized spacial score (nSPS) is 24.7. The quantitative estimate of drug-likeness (QED) is 0.873. The summed E-state index contributed by atoms with van der Waals surface area (Å²) in [4.78, 5) is 12.4. The zero-order chi connectivity index (χ0) is 13.7. The fraction of sp³-hybridized carbons (Fsp3) is 0.562. The van der Waals surface area contributed by atoms with Crippen LogP contribution < -0.4 is 11.1 Å². The second-order valence-electron chi connectivity index (χ2n) is 5.58. The fourth-order valence-electron chi connectivity index (χ4n) is 2.89. The molecule has 1 aliphatic rings. The summed E-state index contributed by atoms with van der Waals surface area (Å²) in [6, 6.07) is 10.1. The fourth-order valence-corrected chi connectivity index (χ4v) is 2.89. The van der Waals surface area contributed by atoms with Crippen molar-refractivity contribution in [1.82, 2.24) is 5.32 Å². The van der Waals surface area contributed by atoms with E-state index in [1.54, 1.807) is 0 Å². The van der Waals surface area contributed by atoms with Crippen molar-refractivity contribution in [2.24, 2.45) is 11.7 Å². The van der Waals surface area contributed by atoms with Gasteiger partial charge in [-0.3, -0.25) is 4.79 Å². The largest absolute Gasteiger partial charge is 0.353 e. The summed E-state index contributed by atoms with van der Waals surface area (Å²) in [6.07, 6.45) is 4.81. The Morgan fingerprint density at radius 1 is 1.32 bits per heavy atom. The Morgan fingerprint density at radius 3 is 2.63 bits per heavy atom. The molecule has 1 aliphatic carbocycles. The lowest BCUT2D eigenvalue weighted by Gasteiger charge is -2.30. The van der Waals surface area contributed by atoms with Crippen molar-refractivity contribution in [3.05, 3.63) is 35.9 Å². The van der Waals surface area contributed by atoms with Crippen molar-refractivity contribution >= 4 is 5.91 Å². The molecule has 0 spiro atoms. The molecule has 19 heavy (non-hydrogen) atoms. The predicted molar refractivity (Wildman–Crippen MR) is 77.8 cm³/mol. The molecule has 1 aromatic rings. The standard InChI is InChI=1S/C16H24N2O/c1-12-7-5-6-10-15(12)18-16(19)14(11-17)13-8-3-2-4-9-13/h2-4,8-9,12,14-15H,5-7,10-11,17H2,1H3,(H,18,19). The monoisotopic (exact) mass is 260 g/mol. The highest BCUT2D eigenvalue weighted by Crippen LogP contribution is 2.24. The molecule has 1 amide bonds. The van der Waals surface area contributed by atoms with Crippen LogP contribution in [0.2, 0.25) is 0 Å². The van der Waals surface area contributed by atoms with Crippen molar-refractivity contribution in [3.63, 3.8) is 0 Å². The number of carbonyl (C=O) groups is 1. The first-order chi connectivity index (χ1) is 9.22. The molecule has 1 saturated carbocycles. The highest BCUT2D eigenvalue weighted by Gasteiger charge is 2.26. The third-order valence-corrected chi connectivity index (χ3v) is 4.19. The summed E-state index contributed by atoms with van der Waals surface area (Å²) in [7, 11) is 0. The molecule has 1 aromatic carbocycles. The van der Waals surface area contributed by atoms with E-state index in [4.69, 9.17) is 5.73 Å². The molecule has 0 saturated heterocycles. The molecule has 0 bridgehead atoms. The van der Waals surface area contributed by atoms with Gasteiger partial charge in [-0.2, -0.15) is 0 Å². The van der Waals surface area contributed by atoms with E-state index in [-0.39, 0.29) is 11.8 Å². The van der Waals surface area contributed by atoms with Gasteiger partial charge in [0, 0.05) is 12.6 Å². The highest BCUT2D eigenvalue weighted by molar-refractivity contribution is 5.84. The van der Waals surface area contributed by atoms with Gasteiger partial charge >= 0.3 is 0 Å². The SMILES string of the molecule is CC1CCCCC1NC(=O)C(CN)c1ccccc1. The van der Waals surface area contributed by atoms with E-state index >= 15 is 0 Å². The molecule has 0 radical (unpaired) electrons. The Hall–Kier alpha value is -1.35. The number of nitrogens with two attached hydrogens (primary N) is 1. The summed E-state index contributed by atoms with van der Waals surface area (Å²) in [6.45, 7) is 2.58. The van der Waals surface area contributed by atoms with Crippen LogP contribution in [-0.2, 0) is 4.79 Å². The first kappa shape index (κ1) is 14.1. The van der Waals surface area contributed by atoms with Crippen molar-refractivity contribution in [3.8, 4) is 0 Å². The average Bonchev–Trinajstić information content (AvgIpc) is 2.43. The third-order valence-electron chi connectivity index (χ3n) is 4.19. The Labute approximate surface area is 115 Å².